The summed E-state index contributed by atoms with van der Waals surface area (Å²) in [7, 11) is 0. The Morgan fingerprint density at radius 1 is 1.04 bits per heavy atom. The first kappa shape index (κ1) is 18.5. The Bertz CT molecular complexity index is 1010. The third-order valence-electron chi connectivity index (χ3n) is 4.92. The summed E-state index contributed by atoms with van der Waals surface area (Å²) in [6, 6.07) is 12.8. The fraction of sp³-hybridized carbons (Fsp3) is 0.286. The van der Waals surface area contributed by atoms with Gasteiger partial charge in [-0.2, -0.15) is 0 Å². The molecule has 144 valence electrons. The quantitative estimate of drug-likeness (QED) is 0.633. The average molecular weight is 396 g/mol. The average Bonchev–Trinajstić information content (AvgIpc) is 2.93. The van der Waals surface area contributed by atoms with Crippen LogP contribution in [0.2, 0.25) is 5.02 Å². The molecule has 0 atom stereocenters. The summed E-state index contributed by atoms with van der Waals surface area (Å²) < 4.78 is 2.19. The minimum absolute atomic E-state index is 0.322. The fourth-order valence-electron chi connectivity index (χ4n) is 3.40. The van der Waals surface area contributed by atoms with E-state index in [1.54, 1.807) is 6.07 Å². The number of aryl methyl sites for hydroxylation is 2. The highest BCUT2D eigenvalue weighted by atomic mass is 35.5. The minimum Gasteiger partial charge on any atom is -0.311 e. The summed E-state index contributed by atoms with van der Waals surface area (Å²) in [5.74, 6) is 1.89. The number of benzene rings is 2. The van der Waals surface area contributed by atoms with Gasteiger partial charge in [-0.3, -0.25) is 0 Å². The maximum Gasteiger partial charge on any atom is 0.323 e. The lowest BCUT2D eigenvalue weighted by molar-refractivity contribution is 0.262. The number of hydrogen-bond donors (Lipinski definition) is 2. The van der Waals surface area contributed by atoms with Crippen molar-refractivity contribution in [2.45, 2.75) is 39.2 Å². The number of anilines is 2. The van der Waals surface area contributed by atoms with Gasteiger partial charge in [0, 0.05) is 34.9 Å². The lowest BCUT2D eigenvalue weighted by Crippen LogP contribution is -2.19. The van der Waals surface area contributed by atoms with Crippen LogP contribution in [0.1, 0.15) is 30.7 Å². The van der Waals surface area contributed by atoms with Crippen molar-refractivity contribution in [3.05, 3.63) is 58.9 Å². The van der Waals surface area contributed by atoms with E-state index in [1.807, 2.05) is 43.3 Å². The minimum atomic E-state index is -0.322. The van der Waals surface area contributed by atoms with Crippen LogP contribution in [-0.2, 0) is 13.0 Å². The second-order valence-corrected chi connectivity index (χ2v) is 7.43. The molecule has 0 radical (unpaired) electrons. The molecule has 2 heterocycles. The largest absolute Gasteiger partial charge is 0.323 e. The number of halogens is 1. The number of amides is 2. The number of carbonyl (C=O) groups excluding carboxylic acids is 1. The number of nitrogens with one attached hydrogen (secondary N) is 2. The molecule has 4 rings (SSSR count). The lowest BCUT2D eigenvalue weighted by atomic mass is 10.2. The SMILES string of the molecule is Cc1ccc(NC(=O)Nc2cccc(-c3nnc4n3CCCCC4)c2)cc1Cl. The van der Waals surface area contributed by atoms with Gasteiger partial charge in [-0.15, -0.1) is 10.2 Å². The number of urea groups is 1. The summed E-state index contributed by atoms with van der Waals surface area (Å²) in [4.78, 5) is 12.4. The molecule has 1 aromatic heterocycles. The smallest absolute Gasteiger partial charge is 0.311 e. The molecule has 1 aliphatic rings. The van der Waals surface area contributed by atoms with Crippen LogP contribution in [0.3, 0.4) is 0 Å². The first-order chi connectivity index (χ1) is 13.6. The molecular formula is C21H22ClN5O. The highest BCUT2D eigenvalue weighted by Gasteiger charge is 2.16. The van der Waals surface area contributed by atoms with Crippen LogP contribution < -0.4 is 10.6 Å². The molecule has 0 fully saturated rings. The summed E-state index contributed by atoms with van der Waals surface area (Å²) >= 11 is 6.12. The van der Waals surface area contributed by atoms with E-state index in [9.17, 15) is 4.79 Å². The summed E-state index contributed by atoms with van der Waals surface area (Å²) in [6.07, 6.45) is 4.47. The Labute approximate surface area is 168 Å². The molecule has 6 nitrogen and oxygen atoms in total. The van der Waals surface area contributed by atoms with Crippen molar-refractivity contribution in [3.63, 3.8) is 0 Å². The Morgan fingerprint density at radius 2 is 1.86 bits per heavy atom. The van der Waals surface area contributed by atoms with Gasteiger partial charge in [0.2, 0.25) is 0 Å². The monoisotopic (exact) mass is 395 g/mol. The van der Waals surface area contributed by atoms with E-state index >= 15 is 0 Å². The van der Waals surface area contributed by atoms with Crippen LogP contribution in [0.25, 0.3) is 11.4 Å². The summed E-state index contributed by atoms with van der Waals surface area (Å²) in [5, 5.41) is 15.0. The third-order valence-corrected chi connectivity index (χ3v) is 5.33. The second kappa shape index (κ2) is 8.02. The van der Waals surface area contributed by atoms with Gasteiger partial charge in [0.25, 0.3) is 0 Å². The summed E-state index contributed by atoms with van der Waals surface area (Å²) in [6.45, 7) is 2.85. The zero-order valence-corrected chi connectivity index (χ0v) is 16.5. The van der Waals surface area contributed by atoms with Crippen LogP contribution >= 0.6 is 11.6 Å². The summed E-state index contributed by atoms with van der Waals surface area (Å²) in [5.41, 5.74) is 3.25. The fourth-order valence-corrected chi connectivity index (χ4v) is 3.58. The molecule has 0 spiro atoms. The Kier molecular flexibility index (Phi) is 5.30. The highest BCUT2D eigenvalue weighted by molar-refractivity contribution is 6.31. The van der Waals surface area contributed by atoms with Crippen LogP contribution in [0, 0.1) is 6.92 Å². The standard InChI is InChI=1S/C21H22ClN5O/c1-14-9-10-17(13-18(14)22)24-21(28)23-16-7-5-6-15(12-16)20-26-25-19-8-3-2-4-11-27(19)20/h5-7,9-10,12-13H,2-4,8,11H2,1H3,(H2,23,24,28). The molecule has 0 saturated heterocycles. The van der Waals surface area contributed by atoms with Crippen molar-refractivity contribution in [1.29, 1.82) is 0 Å². The van der Waals surface area contributed by atoms with E-state index in [2.05, 4.69) is 25.4 Å². The van der Waals surface area contributed by atoms with Crippen molar-refractivity contribution < 1.29 is 4.79 Å². The van der Waals surface area contributed by atoms with Crippen molar-refractivity contribution >= 4 is 29.0 Å². The molecule has 0 saturated carbocycles. The molecule has 2 aromatic carbocycles. The predicted molar refractivity (Wildman–Crippen MR) is 112 cm³/mol. The first-order valence-electron chi connectivity index (χ1n) is 9.47. The molecule has 3 aromatic rings. The lowest BCUT2D eigenvalue weighted by Gasteiger charge is -2.11. The number of rotatable bonds is 3. The van der Waals surface area contributed by atoms with E-state index in [4.69, 9.17) is 11.6 Å². The van der Waals surface area contributed by atoms with E-state index in [-0.39, 0.29) is 6.03 Å². The zero-order valence-electron chi connectivity index (χ0n) is 15.7. The molecule has 7 heteroatoms. The number of aromatic nitrogens is 3. The molecule has 0 aliphatic carbocycles. The van der Waals surface area contributed by atoms with Gasteiger partial charge in [0.1, 0.15) is 5.82 Å². The van der Waals surface area contributed by atoms with E-state index in [0.717, 1.165) is 48.6 Å². The zero-order chi connectivity index (χ0) is 19.5. The van der Waals surface area contributed by atoms with E-state index in [0.29, 0.717) is 16.4 Å². The van der Waals surface area contributed by atoms with Crippen LogP contribution in [0.5, 0.6) is 0 Å². The van der Waals surface area contributed by atoms with Gasteiger partial charge in [-0.25, -0.2) is 4.79 Å². The first-order valence-corrected chi connectivity index (χ1v) is 9.84. The van der Waals surface area contributed by atoms with Crippen molar-refractivity contribution in [2.75, 3.05) is 10.6 Å². The number of nitrogens with zero attached hydrogens (tertiary/aromatic N) is 3. The predicted octanol–water partition coefficient (Wildman–Crippen LogP) is 5.28. The Hall–Kier alpha value is -2.86. The number of carbonyl (C=O) groups is 1. The maximum absolute atomic E-state index is 12.4. The van der Waals surface area contributed by atoms with Crippen LogP contribution in [-0.4, -0.2) is 20.8 Å². The normalized spacial score (nSPS) is 13.5. The Balaban J connectivity index is 1.50. The third kappa shape index (κ3) is 4.02. The van der Waals surface area contributed by atoms with Gasteiger partial charge in [-0.05, 0) is 49.6 Å². The van der Waals surface area contributed by atoms with Gasteiger partial charge in [-0.1, -0.05) is 36.2 Å². The molecule has 2 amide bonds. The van der Waals surface area contributed by atoms with Crippen molar-refractivity contribution in [1.82, 2.24) is 14.8 Å². The Morgan fingerprint density at radius 3 is 2.68 bits per heavy atom. The highest BCUT2D eigenvalue weighted by Crippen LogP contribution is 2.25. The van der Waals surface area contributed by atoms with Crippen molar-refractivity contribution in [2.24, 2.45) is 0 Å². The number of hydrogen-bond acceptors (Lipinski definition) is 3. The molecule has 0 unspecified atom stereocenters. The molecule has 0 bridgehead atoms. The van der Waals surface area contributed by atoms with Gasteiger partial charge in [0.05, 0.1) is 0 Å². The molecule has 28 heavy (non-hydrogen) atoms. The topological polar surface area (TPSA) is 71.8 Å². The van der Waals surface area contributed by atoms with Gasteiger partial charge in [0.15, 0.2) is 5.82 Å². The molecule has 2 N–H and O–H groups in total. The second-order valence-electron chi connectivity index (χ2n) is 7.03. The van der Waals surface area contributed by atoms with Crippen molar-refractivity contribution in [3.8, 4) is 11.4 Å². The van der Waals surface area contributed by atoms with Gasteiger partial charge >= 0.3 is 6.03 Å². The van der Waals surface area contributed by atoms with E-state index < -0.39 is 0 Å². The molecular weight excluding hydrogens is 374 g/mol. The van der Waals surface area contributed by atoms with E-state index in [1.165, 1.54) is 6.42 Å². The van der Waals surface area contributed by atoms with Gasteiger partial charge < -0.3 is 15.2 Å². The molecule has 1 aliphatic heterocycles. The van der Waals surface area contributed by atoms with Crippen LogP contribution in [0.15, 0.2) is 42.5 Å². The maximum atomic E-state index is 12.4. The van der Waals surface area contributed by atoms with Crippen LogP contribution in [0.4, 0.5) is 16.2 Å². The number of fused-ring (bicyclic) bond motifs is 1.